The van der Waals surface area contributed by atoms with Crippen LogP contribution in [0.3, 0.4) is 0 Å². The van der Waals surface area contributed by atoms with Gasteiger partial charge in [0.2, 0.25) is 0 Å². The summed E-state index contributed by atoms with van der Waals surface area (Å²) in [6.07, 6.45) is 0.277. The predicted octanol–water partition coefficient (Wildman–Crippen LogP) is 5.27. The number of nitrogens with one attached hydrogen (secondary N) is 1. The molecule has 0 atom stereocenters. The summed E-state index contributed by atoms with van der Waals surface area (Å²) in [5, 5.41) is 4.31. The van der Waals surface area contributed by atoms with Gasteiger partial charge in [-0.25, -0.2) is 18.2 Å². The van der Waals surface area contributed by atoms with Gasteiger partial charge in [0.15, 0.2) is 10.9 Å². The average molecular weight is 576 g/mol. The van der Waals surface area contributed by atoms with Crippen molar-refractivity contribution in [3.8, 4) is 17.1 Å². The van der Waals surface area contributed by atoms with Gasteiger partial charge in [-0.2, -0.15) is 9.97 Å². The van der Waals surface area contributed by atoms with Crippen LogP contribution in [0.15, 0.2) is 36.2 Å². The molecule has 2 fully saturated rings. The molecule has 39 heavy (non-hydrogen) atoms. The molecule has 0 aliphatic carbocycles. The van der Waals surface area contributed by atoms with Crippen molar-refractivity contribution < 1.29 is 17.9 Å². The summed E-state index contributed by atoms with van der Waals surface area (Å²) in [5.74, 6) is -0.137. The maximum atomic E-state index is 16.4. The van der Waals surface area contributed by atoms with Gasteiger partial charge in [0, 0.05) is 54.9 Å². The van der Waals surface area contributed by atoms with Crippen LogP contribution >= 0.6 is 22.9 Å². The average Bonchev–Trinajstić information content (AvgIpc) is 3.53. The highest BCUT2D eigenvalue weighted by atomic mass is 35.5. The maximum absolute atomic E-state index is 16.4. The second-order valence-corrected chi connectivity index (χ2v) is 10.9. The normalized spacial score (nSPS) is 17.3. The van der Waals surface area contributed by atoms with Crippen LogP contribution in [0.5, 0.6) is 6.01 Å². The molecule has 4 heterocycles. The lowest BCUT2D eigenvalue weighted by atomic mass is 10.0. The molecule has 2 saturated heterocycles. The summed E-state index contributed by atoms with van der Waals surface area (Å²) in [6.45, 7) is 2.91. The number of para-hydroxylation sites is 1. The molecule has 2 aliphatic heterocycles. The zero-order valence-corrected chi connectivity index (χ0v) is 22.3. The van der Waals surface area contributed by atoms with Crippen LogP contribution in [-0.4, -0.2) is 65.5 Å². The SMILES string of the molecule is Nc1nc2c(-c3c(Cl)cc4c(N5CCNCC5)nc(O/C=C5/CCCN5CC(F)F)nc4c3F)cccc2s1. The van der Waals surface area contributed by atoms with E-state index in [-0.39, 0.29) is 28.7 Å². The fourth-order valence-corrected chi connectivity index (χ4v) is 6.18. The molecular formula is C26H25ClF3N7OS. The van der Waals surface area contributed by atoms with E-state index in [1.165, 1.54) is 17.6 Å². The number of allylic oxidation sites excluding steroid dienone is 1. The van der Waals surface area contributed by atoms with Gasteiger partial charge in [0.1, 0.15) is 17.6 Å². The second-order valence-electron chi connectivity index (χ2n) is 9.38. The Balaban J connectivity index is 1.49. The second kappa shape index (κ2) is 10.7. The van der Waals surface area contributed by atoms with Gasteiger partial charge in [-0.15, -0.1) is 0 Å². The minimum atomic E-state index is -2.46. The van der Waals surface area contributed by atoms with E-state index in [2.05, 4.69) is 20.3 Å². The van der Waals surface area contributed by atoms with E-state index in [1.807, 2.05) is 11.0 Å². The molecule has 0 radical (unpaired) electrons. The lowest BCUT2D eigenvalue weighted by molar-refractivity contribution is 0.109. The molecule has 8 nitrogen and oxygen atoms in total. The molecule has 4 aromatic rings. The Morgan fingerprint density at radius 3 is 2.77 bits per heavy atom. The van der Waals surface area contributed by atoms with Crippen LogP contribution in [0, 0.1) is 5.82 Å². The number of fused-ring (bicyclic) bond motifs is 2. The monoisotopic (exact) mass is 575 g/mol. The van der Waals surface area contributed by atoms with E-state index in [9.17, 15) is 8.78 Å². The predicted molar refractivity (Wildman–Crippen MR) is 148 cm³/mol. The quantitative estimate of drug-likeness (QED) is 0.300. The Kier molecular flexibility index (Phi) is 7.08. The largest absolute Gasteiger partial charge is 0.430 e. The van der Waals surface area contributed by atoms with E-state index >= 15 is 4.39 Å². The molecule has 0 unspecified atom stereocenters. The fraction of sp³-hybridized carbons (Fsp3) is 0.346. The number of thiazole rings is 1. The van der Waals surface area contributed by atoms with Gasteiger partial charge >= 0.3 is 6.01 Å². The van der Waals surface area contributed by atoms with Crippen LogP contribution in [0.2, 0.25) is 5.02 Å². The third kappa shape index (κ3) is 5.04. The van der Waals surface area contributed by atoms with Crippen molar-refractivity contribution in [2.24, 2.45) is 0 Å². The minimum Gasteiger partial charge on any atom is -0.430 e. The Bertz CT molecular complexity index is 1570. The van der Waals surface area contributed by atoms with Crippen molar-refractivity contribution in [1.82, 2.24) is 25.2 Å². The molecule has 2 aliphatic rings. The van der Waals surface area contributed by atoms with Gasteiger partial charge in [-0.3, -0.25) is 0 Å². The Morgan fingerprint density at radius 1 is 1.15 bits per heavy atom. The lowest BCUT2D eigenvalue weighted by Crippen LogP contribution is -2.44. The molecule has 204 valence electrons. The molecule has 0 saturated carbocycles. The standard InChI is InChI=1S/C26H25ClF3N7OS/c27-17-11-16-23(21(30)20(17)15-4-1-5-18-22(15)33-25(31)39-18)34-26(35-24(16)36-9-6-32-7-10-36)38-13-14-3-2-8-37(14)12-19(28)29/h1,4-5,11,13,19,32H,2-3,6-10,12H2,(H2,31,33)/b14-13-. The summed E-state index contributed by atoms with van der Waals surface area (Å²) < 4.78 is 49.0. The zero-order chi connectivity index (χ0) is 27.1. The van der Waals surface area contributed by atoms with E-state index < -0.39 is 12.2 Å². The van der Waals surface area contributed by atoms with Crippen molar-refractivity contribution in [3.63, 3.8) is 0 Å². The first-order chi connectivity index (χ1) is 18.9. The number of nitrogens with two attached hydrogens (primary N) is 1. The number of rotatable bonds is 6. The van der Waals surface area contributed by atoms with Gasteiger partial charge in [-0.05, 0) is 25.0 Å². The van der Waals surface area contributed by atoms with Crippen molar-refractivity contribution in [3.05, 3.63) is 47.1 Å². The topological polar surface area (TPSA) is 92.4 Å². The minimum absolute atomic E-state index is 0.0439. The molecule has 6 rings (SSSR count). The summed E-state index contributed by atoms with van der Waals surface area (Å²) in [4.78, 5) is 17.0. The summed E-state index contributed by atoms with van der Waals surface area (Å²) in [6, 6.07) is 7.01. The highest BCUT2D eigenvalue weighted by molar-refractivity contribution is 7.22. The molecule has 2 aromatic carbocycles. The van der Waals surface area contributed by atoms with E-state index in [0.29, 0.717) is 59.2 Å². The number of likely N-dealkylation sites (tertiary alicyclic amines) is 1. The molecule has 3 N–H and O–H groups in total. The molecule has 0 spiro atoms. The van der Waals surface area contributed by atoms with Crippen LogP contribution in [-0.2, 0) is 0 Å². The van der Waals surface area contributed by atoms with Gasteiger partial charge in [0.05, 0.1) is 21.8 Å². The van der Waals surface area contributed by atoms with Crippen molar-refractivity contribution in [2.45, 2.75) is 19.3 Å². The van der Waals surface area contributed by atoms with Gasteiger partial charge in [-0.1, -0.05) is 35.1 Å². The molecule has 0 bridgehead atoms. The third-order valence-electron chi connectivity index (χ3n) is 6.89. The number of piperazine rings is 1. The summed E-state index contributed by atoms with van der Waals surface area (Å²) in [7, 11) is 0. The van der Waals surface area contributed by atoms with Crippen LogP contribution in [0.1, 0.15) is 12.8 Å². The number of aromatic nitrogens is 3. The zero-order valence-electron chi connectivity index (χ0n) is 20.8. The molecule has 13 heteroatoms. The first-order valence-corrected chi connectivity index (χ1v) is 13.8. The first-order valence-electron chi connectivity index (χ1n) is 12.6. The van der Waals surface area contributed by atoms with Gasteiger partial charge in [0.25, 0.3) is 6.43 Å². The number of ether oxygens (including phenoxy) is 1. The summed E-state index contributed by atoms with van der Waals surface area (Å²) >= 11 is 8.02. The maximum Gasteiger partial charge on any atom is 0.324 e. The number of alkyl halides is 2. The lowest BCUT2D eigenvalue weighted by Gasteiger charge is -2.29. The van der Waals surface area contributed by atoms with Crippen molar-refractivity contribution >= 4 is 55.0 Å². The fourth-order valence-electron chi connectivity index (χ4n) is 5.13. The Labute approximate surface area is 231 Å². The van der Waals surface area contributed by atoms with E-state index in [0.717, 1.165) is 24.2 Å². The highest BCUT2D eigenvalue weighted by Gasteiger charge is 2.25. The van der Waals surface area contributed by atoms with E-state index in [1.54, 1.807) is 23.1 Å². The number of nitrogens with zero attached hydrogens (tertiary/aromatic N) is 5. The summed E-state index contributed by atoms with van der Waals surface area (Å²) in [5.41, 5.74) is 7.83. The smallest absolute Gasteiger partial charge is 0.324 e. The highest BCUT2D eigenvalue weighted by Crippen LogP contribution is 2.42. The van der Waals surface area contributed by atoms with Crippen LogP contribution in [0.4, 0.5) is 24.1 Å². The first kappa shape index (κ1) is 25.9. The number of anilines is 2. The van der Waals surface area contributed by atoms with Crippen molar-refractivity contribution in [2.75, 3.05) is 49.9 Å². The van der Waals surface area contributed by atoms with E-state index in [4.69, 9.17) is 22.1 Å². The molecule has 2 aromatic heterocycles. The number of benzene rings is 2. The van der Waals surface area contributed by atoms with Crippen LogP contribution in [0.25, 0.3) is 32.2 Å². The number of halogens is 4. The Morgan fingerprint density at radius 2 is 1.97 bits per heavy atom. The number of hydrogen-bond acceptors (Lipinski definition) is 9. The molecular weight excluding hydrogens is 551 g/mol. The van der Waals surface area contributed by atoms with Crippen LogP contribution < -0.4 is 20.7 Å². The third-order valence-corrected chi connectivity index (χ3v) is 8.04. The Hall–Kier alpha value is -3.35. The number of hydrogen-bond donors (Lipinski definition) is 2. The van der Waals surface area contributed by atoms with Gasteiger partial charge < -0.3 is 25.6 Å². The van der Waals surface area contributed by atoms with Crippen molar-refractivity contribution in [1.29, 1.82) is 0 Å². The molecule has 0 amide bonds. The number of nitrogen functional groups attached to an aromatic ring is 1.